The number of aromatic carboxylic acids is 1. The number of aliphatic hydroxyl groups is 1. The maximum atomic E-state index is 11.0. The third kappa shape index (κ3) is 25.5. The summed E-state index contributed by atoms with van der Waals surface area (Å²) in [6.45, 7) is 3.68. The Morgan fingerprint density at radius 1 is 0.810 bits per heavy atom. The van der Waals surface area contributed by atoms with Crippen molar-refractivity contribution >= 4 is 125 Å². The number of rotatable bonds is 4. The Morgan fingerprint density at radius 2 is 1.12 bits per heavy atom. The van der Waals surface area contributed by atoms with Gasteiger partial charge in [-0.2, -0.15) is 8.42 Å². The number of carboxylic acids is 1. The minimum Gasteiger partial charge on any atom is -0.477 e. The number of halogens is 5. The number of hydrogen-bond donors (Lipinski definition) is 4. The van der Waals surface area contributed by atoms with Crippen LogP contribution in [0, 0.1) is 13.8 Å². The number of hydrogen-bond acceptors (Lipinski definition) is 11. The van der Waals surface area contributed by atoms with E-state index in [1.165, 1.54) is 48.2 Å². The molecule has 3 rings (SSSR count). The third-order valence-corrected chi connectivity index (χ3v) is 7.09. The summed E-state index contributed by atoms with van der Waals surface area (Å²) in [4.78, 5) is 34.0. The first kappa shape index (κ1) is 45.4. The lowest BCUT2D eigenvalue weighted by molar-refractivity contribution is 0.0596. The van der Waals surface area contributed by atoms with Crippen molar-refractivity contribution in [3.63, 3.8) is 0 Å². The fourth-order valence-corrected chi connectivity index (χ4v) is 5.08. The fraction of sp³-hybridized carbons (Fsp3) is 0.318. The van der Waals surface area contributed by atoms with E-state index in [9.17, 15) is 14.4 Å². The summed E-state index contributed by atoms with van der Waals surface area (Å²) < 4.78 is 39.1. The smallest absolute Gasteiger partial charge is 0.394 e. The predicted molar refractivity (Wildman–Crippen MR) is 173 cm³/mol. The zero-order valence-corrected chi connectivity index (χ0v) is 30.2. The SMILES string of the molecule is CO.COC(=O)c1sccc1C.COC(=O)c1sccc1CBr.Cc1ccsc1C(=O)O.ClC(Cl)(Cl)Cl.O=S(=O)(O)O. The van der Waals surface area contributed by atoms with Gasteiger partial charge >= 0.3 is 28.3 Å². The second kappa shape index (κ2) is 24.3. The number of aliphatic hydroxyl groups excluding tert-OH is 1. The Morgan fingerprint density at radius 3 is 1.38 bits per heavy atom. The molecule has 3 aromatic rings. The summed E-state index contributed by atoms with van der Waals surface area (Å²) in [5.74, 6) is -1.33. The number of carboxylic acid groups (broad SMARTS) is 1. The van der Waals surface area contributed by atoms with Gasteiger partial charge in [0.15, 0.2) is 0 Å². The maximum Gasteiger partial charge on any atom is 0.394 e. The fourth-order valence-electron chi connectivity index (χ4n) is 1.98. The summed E-state index contributed by atoms with van der Waals surface area (Å²) >= 11 is 26.7. The molecule has 0 aliphatic carbocycles. The number of alkyl halides is 5. The highest BCUT2D eigenvalue weighted by Gasteiger charge is 2.12. The summed E-state index contributed by atoms with van der Waals surface area (Å²) in [5, 5.41) is 21.7. The van der Waals surface area contributed by atoms with Gasteiger partial charge in [-0.3, -0.25) is 9.11 Å². The van der Waals surface area contributed by atoms with Crippen LogP contribution in [0.4, 0.5) is 0 Å². The van der Waals surface area contributed by atoms with E-state index >= 15 is 0 Å². The highest BCUT2D eigenvalue weighted by molar-refractivity contribution is 9.08. The van der Waals surface area contributed by atoms with E-state index in [2.05, 4.69) is 25.4 Å². The molecule has 42 heavy (non-hydrogen) atoms. The van der Waals surface area contributed by atoms with E-state index in [0.717, 1.165) is 23.8 Å². The molecule has 0 saturated carbocycles. The monoisotopic (exact) mass is 814 g/mol. The van der Waals surface area contributed by atoms with E-state index in [0.29, 0.717) is 20.0 Å². The van der Waals surface area contributed by atoms with Crippen LogP contribution < -0.4 is 0 Å². The van der Waals surface area contributed by atoms with Crippen LogP contribution in [-0.4, -0.2) is 70.2 Å². The van der Waals surface area contributed by atoms with Gasteiger partial charge in [-0.25, -0.2) is 14.4 Å². The summed E-state index contributed by atoms with van der Waals surface area (Å²) in [7, 11) is -0.887. The normalized spacial score (nSPS) is 9.74. The molecule has 0 aliphatic rings. The van der Waals surface area contributed by atoms with Gasteiger partial charge in [0, 0.05) is 12.4 Å². The average Bonchev–Trinajstić information content (AvgIpc) is 3.64. The van der Waals surface area contributed by atoms with Gasteiger partial charge in [0.05, 0.1) is 14.2 Å². The molecule has 0 radical (unpaired) electrons. The molecule has 0 amide bonds. The van der Waals surface area contributed by atoms with Crippen LogP contribution in [0.3, 0.4) is 0 Å². The molecular weight excluding hydrogens is 790 g/mol. The molecule has 0 unspecified atom stereocenters. The number of methoxy groups -OCH3 is 2. The van der Waals surface area contributed by atoms with Crippen molar-refractivity contribution in [2.45, 2.75) is 22.4 Å². The van der Waals surface area contributed by atoms with Crippen LogP contribution in [0.2, 0.25) is 0 Å². The Hall–Kier alpha value is -1.02. The summed E-state index contributed by atoms with van der Waals surface area (Å²) in [6, 6.07) is 5.61. The molecule has 0 saturated heterocycles. The van der Waals surface area contributed by atoms with Gasteiger partial charge in [-0.1, -0.05) is 62.3 Å². The van der Waals surface area contributed by atoms with Crippen LogP contribution >= 0.6 is 96.3 Å². The van der Waals surface area contributed by atoms with E-state index in [4.69, 9.17) is 74.1 Å². The zero-order valence-electron chi connectivity index (χ0n) is 22.3. The third-order valence-electron chi connectivity index (χ3n) is 3.55. The predicted octanol–water partition coefficient (Wildman–Crippen LogP) is 7.54. The lowest BCUT2D eigenvalue weighted by Gasteiger charge is -1.96. The lowest BCUT2D eigenvalue weighted by atomic mass is 10.3. The van der Waals surface area contributed by atoms with Gasteiger partial charge in [0.1, 0.15) is 14.6 Å². The Bertz CT molecular complexity index is 1290. The Labute approximate surface area is 283 Å². The van der Waals surface area contributed by atoms with Crippen molar-refractivity contribution < 1.29 is 51.6 Å². The lowest BCUT2D eigenvalue weighted by Crippen LogP contribution is -2.00. The first-order chi connectivity index (χ1) is 19.3. The molecule has 0 atom stereocenters. The molecule has 0 spiro atoms. The van der Waals surface area contributed by atoms with Gasteiger partial charge in [0.2, 0.25) is 0 Å². The average molecular weight is 817 g/mol. The minimum atomic E-state index is -4.67. The molecular formula is C22H27BrCl4O11S4. The Kier molecular flexibility index (Phi) is 26.3. The number of carbonyl (C=O) groups is 3. The van der Waals surface area contributed by atoms with Crippen molar-refractivity contribution in [1.29, 1.82) is 0 Å². The number of carbonyl (C=O) groups excluding carboxylic acids is 2. The number of aryl methyl sites for hydroxylation is 2. The standard InChI is InChI=1S/C7H7BrO2S.C7H8O2S.C6H6O2S.CCl4.CH4O.H2O4S/c1-10-7(9)6-5(4-8)2-3-11-6;1-5-3-4-10-6(5)7(8)9-2;1-4-2-3-9-5(4)6(7)8;2-1(3,4)5;1-2;1-5(2,3)4/h2-3H,4H2,1H3;3-4H,1-2H3;2-3H,1H3,(H,7,8);;2H,1H3;(H2,1,2,3,4). The van der Waals surface area contributed by atoms with Crippen molar-refractivity contribution in [2.24, 2.45) is 0 Å². The topological polar surface area (TPSA) is 185 Å². The molecule has 0 aromatic carbocycles. The molecule has 3 heterocycles. The van der Waals surface area contributed by atoms with E-state index < -0.39 is 19.6 Å². The highest BCUT2D eigenvalue weighted by Crippen LogP contribution is 2.29. The van der Waals surface area contributed by atoms with Crippen molar-refractivity contribution in [3.05, 3.63) is 65.7 Å². The molecule has 0 aliphatic heterocycles. The number of esters is 2. The summed E-state index contributed by atoms with van der Waals surface area (Å²) in [5.41, 5.74) is 2.81. The second-order valence-electron chi connectivity index (χ2n) is 6.44. The molecule has 0 fully saturated rings. The van der Waals surface area contributed by atoms with Crippen molar-refractivity contribution in [3.8, 4) is 0 Å². The molecule has 11 nitrogen and oxygen atoms in total. The minimum absolute atomic E-state index is 0.243. The molecule has 0 bridgehead atoms. The van der Waals surface area contributed by atoms with Crippen LogP contribution in [0.5, 0.6) is 0 Å². The first-order valence-corrected chi connectivity index (χ1v) is 16.9. The maximum absolute atomic E-state index is 11.0. The summed E-state index contributed by atoms with van der Waals surface area (Å²) in [6.07, 6.45) is 0. The number of ether oxygens (including phenoxy) is 2. The largest absolute Gasteiger partial charge is 0.477 e. The second-order valence-corrected chi connectivity index (χ2v) is 14.1. The molecule has 4 N–H and O–H groups in total. The van der Waals surface area contributed by atoms with Gasteiger partial charge in [-0.05, 0) is 64.9 Å². The molecule has 20 heteroatoms. The van der Waals surface area contributed by atoms with E-state index in [-0.39, 0.29) is 11.9 Å². The quantitative estimate of drug-likeness (QED) is 0.116. The van der Waals surface area contributed by atoms with Crippen molar-refractivity contribution in [2.75, 3.05) is 21.3 Å². The van der Waals surface area contributed by atoms with E-state index in [1.54, 1.807) is 18.4 Å². The zero-order chi connectivity index (χ0) is 33.7. The van der Waals surface area contributed by atoms with Gasteiger partial charge in [0.25, 0.3) is 3.25 Å². The van der Waals surface area contributed by atoms with Crippen molar-refractivity contribution in [1.82, 2.24) is 0 Å². The Balaban J connectivity index is -0.000000461. The molecule has 240 valence electrons. The van der Waals surface area contributed by atoms with Crippen LogP contribution in [0.25, 0.3) is 0 Å². The first-order valence-electron chi connectivity index (χ1n) is 10.3. The van der Waals surface area contributed by atoms with Crippen LogP contribution in [0.15, 0.2) is 34.3 Å². The van der Waals surface area contributed by atoms with Crippen LogP contribution in [0.1, 0.15) is 45.7 Å². The van der Waals surface area contributed by atoms with E-state index in [1.807, 2.05) is 29.8 Å². The van der Waals surface area contributed by atoms with Gasteiger partial charge in [-0.15, -0.1) is 34.0 Å². The number of thiophene rings is 3. The highest BCUT2D eigenvalue weighted by atomic mass is 79.9. The molecule has 3 aromatic heterocycles. The van der Waals surface area contributed by atoms with Crippen LogP contribution in [-0.2, 0) is 25.2 Å². The van der Waals surface area contributed by atoms with Gasteiger partial charge < -0.3 is 19.7 Å².